The second kappa shape index (κ2) is 4.44. The van der Waals surface area contributed by atoms with Crippen LogP contribution in [0.2, 0.25) is 0 Å². The molecule has 1 rings (SSSR count). The number of benzene rings is 1. The number of carbonyl (C=O) groups excluding carboxylic acids is 1. The van der Waals surface area contributed by atoms with E-state index in [1.807, 2.05) is 0 Å². The average molecular weight is 182 g/mol. The van der Waals surface area contributed by atoms with Crippen molar-refractivity contribution in [1.82, 2.24) is 0 Å². The average Bonchev–Trinajstić information content (AvgIpc) is 2.18. The van der Waals surface area contributed by atoms with E-state index in [0.29, 0.717) is 11.3 Å². The summed E-state index contributed by atoms with van der Waals surface area (Å²) in [7, 11) is 1.31. The highest BCUT2D eigenvalue weighted by atomic mass is 16.8. The fourth-order valence-corrected chi connectivity index (χ4v) is 0.924. The summed E-state index contributed by atoms with van der Waals surface area (Å²) in [6, 6.07) is 6.72. The standard InChI is InChI=1S/C8H10N2O3/c1-12-8(11)6-4-2-3-5-7(6)10-13-9/h2-5,10H,9H2,1H3. The van der Waals surface area contributed by atoms with Gasteiger partial charge in [0.15, 0.2) is 0 Å². The molecule has 0 aliphatic carbocycles. The van der Waals surface area contributed by atoms with Gasteiger partial charge >= 0.3 is 5.97 Å². The van der Waals surface area contributed by atoms with E-state index in [1.165, 1.54) is 7.11 Å². The summed E-state index contributed by atoms with van der Waals surface area (Å²) in [6.45, 7) is 0. The molecule has 0 fully saturated rings. The molecule has 1 aromatic rings. The molecule has 0 atom stereocenters. The Morgan fingerprint density at radius 3 is 2.77 bits per heavy atom. The molecule has 0 heterocycles. The van der Waals surface area contributed by atoms with Crippen molar-refractivity contribution in [2.75, 3.05) is 12.6 Å². The van der Waals surface area contributed by atoms with E-state index >= 15 is 0 Å². The van der Waals surface area contributed by atoms with Crippen LogP contribution < -0.4 is 11.4 Å². The quantitative estimate of drug-likeness (QED) is 0.531. The number of methoxy groups -OCH3 is 1. The highest BCUT2D eigenvalue weighted by molar-refractivity contribution is 5.95. The monoisotopic (exact) mass is 182 g/mol. The molecule has 0 bridgehead atoms. The minimum atomic E-state index is -0.444. The highest BCUT2D eigenvalue weighted by Gasteiger charge is 2.09. The maximum absolute atomic E-state index is 11.2. The zero-order chi connectivity index (χ0) is 9.68. The number of carbonyl (C=O) groups is 1. The first kappa shape index (κ1) is 9.50. The van der Waals surface area contributed by atoms with Crippen LogP contribution in [0.3, 0.4) is 0 Å². The van der Waals surface area contributed by atoms with Gasteiger partial charge in [-0.05, 0) is 12.1 Å². The van der Waals surface area contributed by atoms with Gasteiger partial charge in [-0.25, -0.2) is 10.3 Å². The van der Waals surface area contributed by atoms with Crippen molar-refractivity contribution < 1.29 is 14.5 Å². The van der Waals surface area contributed by atoms with Crippen molar-refractivity contribution in [2.24, 2.45) is 5.90 Å². The van der Waals surface area contributed by atoms with E-state index in [-0.39, 0.29) is 0 Å². The van der Waals surface area contributed by atoms with Crippen LogP contribution in [0, 0.1) is 0 Å². The Balaban J connectivity index is 2.97. The van der Waals surface area contributed by atoms with Crippen LogP contribution in [0.15, 0.2) is 24.3 Å². The normalized spacial score (nSPS) is 9.38. The van der Waals surface area contributed by atoms with Crippen LogP contribution in [0.5, 0.6) is 0 Å². The lowest BCUT2D eigenvalue weighted by Crippen LogP contribution is -2.11. The maximum Gasteiger partial charge on any atom is 0.340 e. The molecule has 1 aromatic carbocycles. The minimum Gasteiger partial charge on any atom is -0.465 e. The minimum absolute atomic E-state index is 0.371. The van der Waals surface area contributed by atoms with Crippen LogP contribution in [0.4, 0.5) is 5.69 Å². The van der Waals surface area contributed by atoms with Gasteiger partial charge in [-0.3, -0.25) is 0 Å². The van der Waals surface area contributed by atoms with Crippen molar-refractivity contribution in [3.8, 4) is 0 Å². The van der Waals surface area contributed by atoms with Crippen molar-refractivity contribution in [3.05, 3.63) is 29.8 Å². The zero-order valence-corrected chi connectivity index (χ0v) is 7.11. The fourth-order valence-electron chi connectivity index (χ4n) is 0.924. The van der Waals surface area contributed by atoms with Crippen molar-refractivity contribution in [1.29, 1.82) is 0 Å². The lowest BCUT2D eigenvalue weighted by atomic mass is 10.2. The molecule has 0 aliphatic heterocycles. The number of hydrogen-bond acceptors (Lipinski definition) is 5. The van der Waals surface area contributed by atoms with E-state index in [9.17, 15) is 4.79 Å². The number of nitrogens with two attached hydrogens (primary N) is 1. The number of para-hydroxylation sites is 1. The molecule has 0 radical (unpaired) electrons. The van der Waals surface area contributed by atoms with Gasteiger partial charge in [0.2, 0.25) is 0 Å². The van der Waals surface area contributed by atoms with Gasteiger partial charge in [-0.15, -0.1) is 0 Å². The summed E-state index contributed by atoms with van der Waals surface area (Å²) in [4.78, 5) is 15.4. The smallest absolute Gasteiger partial charge is 0.340 e. The molecule has 5 nitrogen and oxygen atoms in total. The molecule has 0 aromatic heterocycles. The van der Waals surface area contributed by atoms with Gasteiger partial charge in [0.25, 0.3) is 0 Å². The molecule has 0 spiro atoms. The Hall–Kier alpha value is -1.59. The molecule has 3 N–H and O–H groups in total. The Labute approximate surface area is 75.3 Å². The third kappa shape index (κ3) is 2.17. The Morgan fingerprint density at radius 1 is 1.46 bits per heavy atom. The summed E-state index contributed by atoms with van der Waals surface area (Å²) in [5.41, 5.74) is 3.21. The van der Waals surface area contributed by atoms with Crippen LogP contribution in [0.25, 0.3) is 0 Å². The predicted octanol–water partition coefficient (Wildman–Crippen LogP) is 0.690. The molecule has 0 amide bonds. The highest BCUT2D eigenvalue weighted by Crippen LogP contribution is 2.15. The third-order valence-corrected chi connectivity index (χ3v) is 1.50. The first-order valence-corrected chi connectivity index (χ1v) is 3.58. The molecular formula is C8H10N2O3. The third-order valence-electron chi connectivity index (χ3n) is 1.50. The molecule has 0 saturated heterocycles. The second-order valence-corrected chi connectivity index (χ2v) is 2.26. The van der Waals surface area contributed by atoms with Gasteiger partial charge in [-0.2, -0.15) is 10.8 Å². The fraction of sp³-hybridized carbons (Fsp3) is 0.125. The topological polar surface area (TPSA) is 73.6 Å². The van der Waals surface area contributed by atoms with E-state index in [0.717, 1.165) is 0 Å². The lowest BCUT2D eigenvalue weighted by molar-refractivity contribution is 0.0600. The van der Waals surface area contributed by atoms with Crippen LogP contribution in [-0.2, 0) is 9.68 Å². The summed E-state index contributed by atoms with van der Waals surface area (Å²) in [5, 5.41) is 0. The number of rotatable bonds is 3. The Bertz CT molecular complexity index is 301. The molecular weight excluding hydrogens is 172 g/mol. The van der Waals surface area contributed by atoms with Crippen LogP contribution >= 0.6 is 0 Å². The van der Waals surface area contributed by atoms with E-state index < -0.39 is 5.97 Å². The van der Waals surface area contributed by atoms with Crippen molar-refractivity contribution in [3.63, 3.8) is 0 Å². The summed E-state index contributed by atoms with van der Waals surface area (Å²) in [6.07, 6.45) is 0. The zero-order valence-electron chi connectivity index (χ0n) is 7.11. The van der Waals surface area contributed by atoms with Gasteiger partial charge in [-0.1, -0.05) is 12.1 Å². The number of nitrogens with one attached hydrogen (secondary N) is 1. The summed E-state index contributed by atoms with van der Waals surface area (Å²) >= 11 is 0. The van der Waals surface area contributed by atoms with Gasteiger partial charge in [0.1, 0.15) is 0 Å². The Morgan fingerprint density at radius 2 is 2.15 bits per heavy atom. The first-order valence-electron chi connectivity index (χ1n) is 3.58. The maximum atomic E-state index is 11.2. The van der Waals surface area contributed by atoms with Crippen molar-refractivity contribution >= 4 is 11.7 Å². The number of ether oxygens (including phenoxy) is 1. The molecule has 0 unspecified atom stereocenters. The molecule has 13 heavy (non-hydrogen) atoms. The summed E-state index contributed by atoms with van der Waals surface area (Å²) in [5.74, 6) is 4.36. The number of anilines is 1. The van der Waals surface area contributed by atoms with Crippen molar-refractivity contribution in [2.45, 2.75) is 0 Å². The molecule has 0 saturated carbocycles. The van der Waals surface area contributed by atoms with E-state index in [2.05, 4.69) is 15.2 Å². The first-order chi connectivity index (χ1) is 6.29. The van der Waals surface area contributed by atoms with E-state index in [1.54, 1.807) is 24.3 Å². The largest absolute Gasteiger partial charge is 0.465 e. The number of hydrogen-bond donors (Lipinski definition) is 2. The van der Waals surface area contributed by atoms with Gasteiger partial charge in [0, 0.05) is 0 Å². The second-order valence-electron chi connectivity index (χ2n) is 2.26. The van der Waals surface area contributed by atoms with Gasteiger partial charge in [0.05, 0.1) is 18.4 Å². The predicted molar refractivity (Wildman–Crippen MR) is 46.7 cm³/mol. The lowest BCUT2D eigenvalue weighted by Gasteiger charge is -2.06. The number of esters is 1. The van der Waals surface area contributed by atoms with Gasteiger partial charge < -0.3 is 4.74 Å². The van der Waals surface area contributed by atoms with Crippen LogP contribution in [-0.4, -0.2) is 13.1 Å². The molecule has 70 valence electrons. The van der Waals surface area contributed by atoms with Crippen LogP contribution in [0.1, 0.15) is 10.4 Å². The molecule has 0 aliphatic rings. The summed E-state index contributed by atoms with van der Waals surface area (Å²) < 4.78 is 4.55. The molecule has 5 heteroatoms. The Kier molecular flexibility index (Phi) is 3.24. The van der Waals surface area contributed by atoms with E-state index in [4.69, 9.17) is 5.90 Å². The SMILES string of the molecule is COC(=O)c1ccccc1NON.